The maximum atomic E-state index is 12.8. The predicted octanol–water partition coefficient (Wildman–Crippen LogP) is 3.31. The van der Waals surface area contributed by atoms with Crippen molar-refractivity contribution in [3.63, 3.8) is 0 Å². The van der Waals surface area contributed by atoms with E-state index in [0.717, 1.165) is 17.0 Å². The van der Waals surface area contributed by atoms with Crippen LogP contribution in [-0.4, -0.2) is 22.2 Å². The highest BCUT2D eigenvalue weighted by molar-refractivity contribution is 7.88. The van der Waals surface area contributed by atoms with Gasteiger partial charge in [-0.15, -0.1) is 11.3 Å². The van der Waals surface area contributed by atoms with Crippen molar-refractivity contribution in [2.45, 2.75) is 31.6 Å². The number of sulfonamides is 1. The summed E-state index contributed by atoms with van der Waals surface area (Å²) in [6.45, 7) is 2.00. The number of nitrogens with one attached hydrogen (secondary N) is 2. The average molecular weight is 465 g/mol. The van der Waals surface area contributed by atoms with Gasteiger partial charge in [0.05, 0.1) is 22.5 Å². The van der Waals surface area contributed by atoms with Gasteiger partial charge >= 0.3 is 0 Å². The second kappa shape index (κ2) is 10.3. The van der Waals surface area contributed by atoms with E-state index in [4.69, 9.17) is 0 Å². The van der Waals surface area contributed by atoms with Crippen LogP contribution in [0, 0.1) is 0 Å². The molecule has 160 valence electrons. The Balaban J connectivity index is 1.80. The van der Waals surface area contributed by atoms with Gasteiger partial charge in [0.2, 0.25) is 10.0 Å². The second-order valence-electron chi connectivity index (χ2n) is 6.67. The van der Waals surface area contributed by atoms with E-state index in [2.05, 4.69) is 14.4 Å². The van der Waals surface area contributed by atoms with Gasteiger partial charge in [0.25, 0.3) is 0 Å². The molecule has 3 rings (SSSR count). The third kappa shape index (κ3) is 6.71. The van der Waals surface area contributed by atoms with Crippen LogP contribution in [0.2, 0.25) is 0 Å². The Morgan fingerprint density at radius 2 is 1.80 bits per heavy atom. The van der Waals surface area contributed by atoms with Crippen molar-refractivity contribution in [3.05, 3.63) is 81.8 Å². The number of anilines is 1. The van der Waals surface area contributed by atoms with E-state index in [0.29, 0.717) is 23.4 Å². The minimum atomic E-state index is -3.60. The highest BCUT2D eigenvalue weighted by atomic mass is 32.2. The molecule has 30 heavy (non-hydrogen) atoms. The first-order chi connectivity index (χ1) is 14.3. The summed E-state index contributed by atoms with van der Waals surface area (Å²) >= 11 is -0.892. The summed E-state index contributed by atoms with van der Waals surface area (Å²) < 4.78 is 52.2. The number of thiazole rings is 1. The normalized spacial score (nSPS) is 13.7. The summed E-state index contributed by atoms with van der Waals surface area (Å²) in [6.07, 6.45) is 1.17. The number of hydrogen-bond acceptors (Lipinski definition) is 6. The maximum absolute atomic E-state index is 12.8. The van der Waals surface area contributed by atoms with Crippen molar-refractivity contribution in [1.29, 1.82) is 0 Å². The summed E-state index contributed by atoms with van der Waals surface area (Å²) in [7, 11) is -3.60. The number of hydrogen-bond donors (Lipinski definition) is 2. The van der Waals surface area contributed by atoms with Crippen molar-refractivity contribution in [1.82, 2.24) is 9.71 Å². The molecule has 0 radical (unpaired) electrons. The summed E-state index contributed by atoms with van der Waals surface area (Å²) in [5.41, 5.74) is 2.68. The molecule has 1 aromatic heterocycles. The molecule has 0 saturated heterocycles. The van der Waals surface area contributed by atoms with E-state index in [1.165, 1.54) is 11.3 Å². The summed E-state index contributed by atoms with van der Waals surface area (Å²) in [4.78, 5) is 4.57. The van der Waals surface area contributed by atoms with Gasteiger partial charge < -0.3 is 9.27 Å². The van der Waals surface area contributed by atoms with E-state index < -0.39 is 27.3 Å². The molecule has 0 aliphatic heterocycles. The van der Waals surface area contributed by atoms with Crippen LogP contribution in [0.3, 0.4) is 0 Å². The van der Waals surface area contributed by atoms with Crippen molar-refractivity contribution < 1.29 is 17.2 Å². The van der Waals surface area contributed by atoms with Gasteiger partial charge in [-0.2, -0.15) is 0 Å². The molecule has 0 bridgehead atoms. The molecule has 0 saturated carbocycles. The number of rotatable bonds is 10. The molecule has 3 aromatic rings. The molecular formula is C20H22N3O4S3-. The summed E-state index contributed by atoms with van der Waals surface area (Å²) in [6, 6.07) is 15.3. The van der Waals surface area contributed by atoms with Crippen LogP contribution >= 0.6 is 11.3 Å². The first-order valence-corrected chi connectivity index (χ1v) is 12.9. The number of aromatic nitrogens is 1. The number of aryl methyl sites for hydroxylation is 1. The van der Waals surface area contributed by atoms with E-state index in [1.807, 2.05) is 18.4 Å². The van der Waals surface area contributed by atoms with Crippen LogP contribution < -0.4 is 9.44 Å². The molecule has 10 heteroatoms. The van der Waals surface area contributed by atoms with E-state index >= 15 is 0 Å². The fourth-order valence-corrected chi connectivity index (χ4v) is 5.43. The zero-order valence-corrected chi connectivity index (χ0v) is 18.7. The lowest BCUT2D eigenvalue weighted by atomic mass is 10.0. The fourth-order valence-electron chi connectivity index (χ4n) is 2.95. The van der Waals surface area contributed by atoms with E-state index in [9.17, 15) is 17.2 Å². The topological polar surface area (TPSA) is 111 Å². The highest BCUT2D eigenvalue weighted by Gasteiger charge is 2.22. The second-order valence-corrected chi connectivity index (χ2v) is 10.0. The Hall–Kier alpha value is -2.11. The SMILES string of the molecule is CCc1nc([C@H](Cc2ccc(NS(=O)[O-])cc2)NS(=O)(=O)Cc2ccccc2)cs1. The molecule has 0 spiro atoms. The van der Waals surface area contributed by atoms with Gasteiger partial charge in [-0.25, -0.2) is 18.1 Å². The molecule has 0 fully saturated rings. The van der Waals surface area contributed by atoms with Crippen LogP contribution in [-0.2, 0) is 39.9 Å². The Morgan fingerprint density at radius 1 is 1.10 bits per heavy atom. The van der Waals surface area contributed by atoms with Crippen molar-refractivity contribution in [2.75, 3.05) is 4.72 Å². The van der Waals surface area contributed by atoms with Gasteiger partial charge in [0.15, 0.2) is 0 Å². The molecule has 0 aliphatic carbocycles. The molecule has 7 nitrogen and oxygen atoms in total. The van der Waals surface area contributed by atoms with Crippen LogP contribution in [0.4, 0.5) is 5.69 Å². The molecule has 1 heterocycles. The largest absolute Gasteiger partial charge is 0.755 e. The van der Waals surface area contributed by atoms with Crippen LogP contribution in [0.25, 0.3) is 0 Å². The third-order valence-electron chi connectivity index (χ3n) is 4.35. The van der Waals surface area contributed by atoms with Gasteiger partial charge in [0, 0.05) is 22.3 Å². The quantitative estimate of drug-likeness (QED) is 0.447. The Kier molecular flexibility index (Phi) is 7.73. The van der Waals surface area contributed by atoms with Gasteiger partial charge in [0.1, 0.15) is 0 Å². The van der Waals surface area contributed by atoms with Crippen LogP contribution in [0.15, 0.2) is 60.0 Å². The molecule has 2 atom stereocenters. The zero-order chi connectivity index (χ0) is 21.6. The van der Waals surface area contributed by atoms with Crippen molar-refractivity contribution in [3.8, 4) is 0 Å². The summed E-state index contributed by atoms with van der Waals surface area (Å²) in [5, 5.41) is 2.82. The molecule has 0 aliphatic rings. The van der Waals surface area contributed by atoms with Crippen LogP contribution in [0.1, 0.15) is 34.8 Å². The number of benzene rings is 2. The van der Waals surface area contributed by atoms with Gasteiger partial charge in [-0.05, 0) is 36.1 Å². The van der Waals surface area contributed by atoms with Crippen molar-refractivity contribution in [2.24, 2.45) is 0 Å². The average Bonchev–Trinajstić information content (AvgIpc) is 3.18. The summed E-state index contributed by atoms with van der Waals surface area (Å²) in [5.74, 6) is -0.118. The lowest BCUT2D eigenvalue weighted by Crippen LogP contribution is -2.31. The lowest BCUT2D eigenvalue weighted by molar-refractivity contribution is 0.542. The monoisotopic (exact) mass is 464 g/mol. The maximum Gasteiger partial charge on any atom is 0.216 e. The predicted molar refractivity (Wildman–Crippen MR) is 119 cm³/mol. The molecule has 2 N–H and O–H groups in total. The minimum absolute atomic E-state index is 0.118. The van der Waals surface area contributed by atoms with Gasteiger partial charge in [-0.1, -0.05) is 49.4 Å². The first kappa shape index (κ1) is 22.6. The molecular weight excluding hydrogens is 442 g/mol. The Labute approximate surface area is 183 Å². The van der Waals surface area contributed by atoms with Gasteiger partial charge in [-0.3, -0.25) is 4.21 Å². The first-order valence-electron chi connectivity index (χ1n) is 9.27. The van der Waals surface area contributed by atoms with E-state index in [-0.39, 0.29) is 5.75 Å². The standard InChI is InChI=1S/C20H23N3O4S3/c1-2-20-21-19(13-28-20)18(12-15-8-10-17(11-9-15)22-29(24)25)23-30(26,27)14-16-6-4-3-5-7-16/h3-11,13,18,22-23H,2,12,14H2,1H3,(H,24,25)/p-1/t18-/m0/s1. The van der Waals surface area contributed by atoms with Crippen molar-refractivity contribution >= 4 is 38.3 Å². The Morgan fingerprint density at radius 3 is 2.40 bits per heavy atom. The minimum Gasteiger partial charge on any atom is -0.755 e. The fraction of sp³-hybridized carbons (Fsp3) is 0.250. The Bertz CT molecular complexity index is 1080. The van der Waals surface area contributed by atoms with Crippen LogP contribution in [0.5, 0.6) is 0 Å². The highest BCUT2D eigenvalue weighted by Crippen LogP contribution is 2.24. The molecule has 2 aromatic carbocycles. The van der Waals surface area contributed by atoms with E-state index in [1.54, 1.807) is 48.5 Å². The third-order valence-corrected chi connectivity index (χ3v) is 7.12. The number of nitrogens with zero attached hydrogens (tertiary/aromatic N) is 1. The zero-order valence-electron chi connectivity index (χ0n) is 16.3. The smallest absolute Gasteiger partial charge is 0.216 e. The molecule has 0 amide bonds. The molecule has 1 unspecified atom stereocenters. The lowest BCUT2D eigenvalue weighted by Gasteiger charge is -2.18.